The van der Waals surface area contributed by atoms with E-state index in [4.69, 9.17) is 9.79 Å². The molecule has 0 aliphatic carbocycles. The van der Waals surface area contributed by atoms with Crippen molar-refractivity contribution in [1.82, 2.24) is 4.90 Å². The van der Waals surface area contributed by atoms with Gasteiger partial charge in [0.2, 0.25) is 0 Å². The summed E-state index contributed by atoms with van der Waals surface area (Å²) < 4.78 is 15.3. The van der Waals surface area contributed by atoms with E-state index in [1.165, 1.54) is 4.90 Å². The number of hydrogen-bond acceptors (Lipinski definition) is 4. The van der Waals surface area contributed by atoms with Crippen molar-refractivity contribution in [3.05, 3.63) is 66.2 Å². The smallest absolute Gasteiger partial charge is 0.303 e. The van der Waals surface area contributed by atoms with Crippen molar-refractivity contribution >= 4 is 25.4 Å². The monoisotopic (exact) mass is 362 g/mol. The first-order valence-electron chi connectivity index (χ1n) is 7.33. The van der Waals surface area contributed by atoms with Gasteiger partial charge in [-0.1, -0.05) is 48.5 Å². The molecular weight excluding hydrogens is 347 g/mol. The quantitative estimate of drug-likeness (QED) is 0.624. The lowest BCUT2D eigenvalue weighted by molar-refractivity contribution is -0.129. The van der Waals surface area contributed by atoms with Crippen LogP contribution in [0.3, 0.4) is 0 Å². The molecule has 1 saturated heterocycles. The van der Waals surface area contributed by atoms with E-state index in [1.54, 1.807) is 60.7 Å². The fraction of sp³-hybridized carbons (Fsp3) is 0.125. The minimum absolute atomic E-state index is 0.494. The van der Waals surface area contributed by atoms with Crippen molar-refractivity contribution in [2.75, 3.05) is 11.6 Å². The topological polar surface area (TPSA) is 107 Å². The summed E-state index contributed by atoms with van der Waals surface area (Å²) in [4.78, 5) is 45.1. The lowest BCUT2D eigenvalue weighted by Gasteiger charge is -2.22. The second-order valence-electron chi connectivity index (χ2n) is 5.32. The number of para-hydroxylation sites is 1. The number of imide groups is 1. The standard InChI is InChI=1S/C16H15N2O6P/c19-15-14(12-7-3-1-4-8-12)18(13-9-5-2-6-10-13)16(20)17(15)11-24-25(21,22)23/h1-10,14H,11H2,(H2,21,22,23). The van der Waals surface area contributed by atoms with Crippen LogP contribution in [0, 0.1) is 0 Å². The van der Waals surface area contributed by atoms with Gasteiger partial charge >= 0.3 is 13.9 Å². The maximum absolute atomic E-state index is 12.7. The first kappa shape index (κ1) is 17.3. The summed E-state index contributed by atoms with van der Waals surface area (Å²) in [7, 11) is -4.82. The first-order chi connectivity index (χ1) is 11.9. The molecule has 0 radical (unpaired) electrons. The molecule has 0 bridgehead atoms. The summed E-state index contributed by atoms with van der Waals surface area (Å²) in [5, 5.41) is 0. The minimum Gasteiger partial charge on any atom is -0.303 e. The maximum Gasteiger partial charge on any atom is 0.471 e. The van der Waals surface area contributed by atoms with E-state index in [2.05, 4.69) is 4.52 Å². The highest BCUT2D eigenvalue weighted by Gasteiger charge is 2.47. The van der Waals surface area contributed by atoms with Gasteiger partial charge < -0.3 is 9.79 Å². The molecule has 9 heteroatoms. The molecule has 1 aliphatic rings. The molecule has 0 aromatic heterocycles. The molecular formula is C16H15N2O6P. The van der Waals surface area contributed by atoms with Gasteiger partial charge in [-0.2, -0.15) is 0 Å². The maximum atomic E-state index is 12.7. The predicted octanol–water partition coefficient (Wildman–Crippen LogP) is 2.26. The number of benzene rings is 2. The van der Waals surface area contributed by atoms with Crippen molar-refractivity contribution in [3.8, 4) is 0 Å². The zero-order valence-electron chi connectivity index (χ0n) is 12.9. The van der Waals surface area contributed by atoms with E-state index < -0.39 is 32.5 Å². The Bertz CT molecular complexity index is 766. The average Bonchev–Trinajstić information content (AvgIpc) is 2.84. The van der Waals surface area contributed by atoms with Gasteiger partial charge in [0.1, 0.15) is 12.8 Å². The lowest BCUT2D eigenvalue weighted by atomic mass is 10.1. The lowest BCUT2D eigenvalue weighted by Crippen LogP contribution is -2.34. The number of carbonyl (C=O) groups excluding carboxylic acids is 2. The van der Waals surface area contributed by atoms with Gasteiger partial charge in [-0.05, 0) is 17.7 Å². The van der Waals surface area contributed by atoms with Crippen LogP contribution in [0.25, 0.3) is 0 Å². The molecule has 2 aromatic rings. The number of amides is 3. The molecule has 3 rings (SSSR count). The summed E-state index contributed by atoms with van der Waals surface area (Å²) in [5.41, 5.74) is 1.08. The zero-order chi connectivity index (χ0) is 18.0. The van der Waals surface area contributed by atoms with Crippen LogP contribution in [0.15, 0.2) is 60.7 Å². The van der Waals surface area contributed by atoms with E-state index in [0.717, 1.165) is 0 Å². The van der Waals surface area contributed by atoms with Crippen LogP contribution < -0.4 is 4.90 Å². The van der Waals surface area contributed by atoms with E-state index in [1.807, 2.05) is 0 Å². The van der Waals surface area contributed by atoms with Crippen LogP contribution in [-0.2, 0) is 13.9 Å². The van der Waals surface area contributed by atoms with Crippen LogP contribution in [0.1, 0.15) is 11.6 Å². The van der Waals surface area contributed by atoms with Crippen LogP contribution >= 0.6 is 7.82 Å². The number of rotatable bonds is 5. The number of carbonyl (C=O) groups is 2. The number of hydrogen-bond donors (Lipinski definition) is 2. The average molecular weight is 362 g/mol. The third-order valence-electron chi connectivity index (χ3n) is 3.70. The third kappa shape index (κ3) is 3.62. The fourth-order valence-corrected chi connectivity index (χ4v) is 2.89. The fourth-order valence-electron chi connectivity index (χ4n) is 2.62. The Morgan fingerprint density at radius 1 is 0.960 bits per heavy atom. The normalized spacial score (nSPS) is 18.1. The van der Waals surface area contributed by atoms with Gasteiger partial charge in [0.05, 0.1) is 0 Å². The Morgan fingerprint density at radius 3 is 2.08 bits per heavy atom. The van der Waals surface area contributed by atoms with Crippen molar-refractivity contribution < 1.29 is 28.5 Å². The van der Waals surface area contributed by atoms with E-state index in [9.17, 15) is 14.2 Å². The van der Waals surface area contributed by atoms with Gasteiger partial charge in [0.15, 0.2) is 0 Å². The highest BCUT2D eigenvalue weighted by molar-refractivity contribution is 7.46. The van der Waals surface area contributed by atoms with Gasteiger partial charge in [-0.3, -0.25) is 14.2 Å². The number of urea groups is 1. The molecule has 130 valence electrons. The van der Waals surface area contributed by atoms with Crippen LogP contribution in [0.4, 0.5) is 10.5 Å². The molecule has 1 aliphatic heterocycles. The number of nitrogens with zero attached hydrogens (tertiary/aromatic N) is 2. The third-order valence-corrected chi connectivity index (χ3v) is 4.15. The number of anilines is 1. The predicted molar refractivity (Wildman–Crippen MR) is 88.3 cm³/mol. The van der Waals surface area contributed by atoms with Gasteiger partial charge in [-0.15, -0.1) is 0 Å². The summed E-state index contributed by atoms with van der Waals surface area (Å²) in [6.45, 7) is -0.825. The van der Waals surface area contributed by atoms with E-state index in [-0.39, 0.29) is 0 Å². The summed E-state index contributed by atoms with van der Waals surface area (Å²) in [6, 6.07) is 15.6. The minimum atomic E-state index is -4.82. The SMILES string of the molecule is O=C1C(c2ccccc2)N(c2ccccc2)C(=O)N1COP(=O)(O)O. The largest absolute Gasteiger partial charge is 0.471 e. The highest BCUT2D eigenvalue weighted by atomic mass is 31.2. The molecule has 1 heterocycles. The summed E-state index contributed by atoms with van der Waals surface area (Å²) in [5.74, 6) is -0.617. The molecule has 1 fully saturated rings. The molecule has 2 aromatic carbocycles. The first-order valence-corrected chi connectivity index (χ1v) is 8.86. The summed E-state index contributed by atoms with van der Waals surface area (Å²) in [6.07, 6.45) is 0. The Balaban J connectivity index is 1.99. The molecule has 3 amide bonds. The Hall–Kier alpha value is -2.51. The van der Waals surface area contributed by atoms with Crippen LogP contribution in [-0.4, -0.2) is 33.4 Å². The molecule has 0 spiro atoms. The van der Waals surface area contributed by atoms with Gasteiger partial charge in [-0.25, -0.2) is 14.3 Å². The van der Waals surface area contributed by atoms with E-state index >= 15 is 0 Å². The molecule has 1 atom stereocenters. The van der Waals surface area contributed by atoms with E-state index in [0.29, 0.717) is 16.2 Å². The molecule has 0 saturated carbocycles. The van der Waals surface area contributed by atoms with Crippen molar-refractivity contribution in [3.63, 3.8) is 0 Å². The van der Waals surface area contributed by atoms with Crippen molar-refractivity contribution in [1.29, 1.82) is 0 Å². The number of phosphoric ester groups is 1. The van der Waals surface area contributed by atoms with Gasteiger partial charge in [0, 0.05) is 5.69 Å². The Kier molecular flexibility index (Phi) is 4.69. The Morgan fingerprint density at radius 2 is 1.52 bits per heavy atom. The Labute approximate surface area is 143 Å². The second-order valence-corrected chi connectivity index (χ2v) is 6.56. The second kappa shape index (κ2) is 6.78. The molecule has 1 unspecified atom stereocenters. The zero-order valence-corrected chi connectivity index (χ0v) is 13.8. The number of phosphoric acid groups is 1. The van der Waals surface area contributed by atoms with Crippen LogP contribution in [0.5, 0.6) is 0 Å². The molecule has 8 nitrogen and oxygen atoms in total. The van der Waals surface area contributed by atoms with Crippen LogP contribution in [0.2, 0.25) is 0 Å². The summed E-state index contributed by atoms with van der Waals surface area (Å²) >= 11 is 0. The van der Waals surface area contributed by atoms with Crippen molar-refractivity contribution in [2.24, 2.45) is 0 Å². The molecule has 2 N–H and O–H groups in total. The van der Waals surface area contributed by atoms with Crippen molar-refractivity contribution in [2.45, 2.75) is 6.04 Å². The molecule has 25 heavy (non-hydrogen) atoms. The van der Waals surface area contributed by atoms with Gasteiger partial charge in [0.25, 0.3) is 5.91 Å². The highest BCUT2D eigenvalue weighted by Crippen LogP contribution is 2.39.